The molecule has 0 aliphatic rings. The highest BCUT2D eigenvalue weighted by atomic mass is 16.2. The van der Waals surface area contributed by atoms with Crippen molar-refractivity contribution in [3.05, 3.63) is 18.0 Å². The summed E-state index contributed by atoms with van der Waals surface area (Å²) in [4.78, 5) is 12.9. The zero-order chi connectivity index (χ0) is 12.1. The summed E-state index contributed by atoms with van der Waals surface area (Å²) in [5.74, 6) is 0.144. The molecule has 0 saturated heterocycles. The van der Waals surface area contributed by atoms with E-state index in [1.54, 1.807) is 23.7 Å². The summed E-state index contributed by atoms with van der Waals surface area (Å²) in [5, 5.41) is 7.41. The minimum atomic E-state index is 0.144. The van der Waals surface area contributed by atoms with Crippen LogP contribution in [0.2, 0.25) is 0 Å². The SMILES string of the molecule is CC(NCCC(=O)N(C)C)c1cnn(C)c1. The van der Waals surface area contributed by atoms with Gasteiger partial charge >= 0.3 is 0 Å². The molecule has 0 fully saturated rings. The molecule has 0 bridgehead atoms. The van der Waals surface area contributed by atoms with Crippen LogP contribution in [0.1, 0.15) is 24.9 Å². The Bertz CT molecular complexity index is 346. The average Bonchev–Trinajstić information content (AvgIpc) is 2.64. The van der Waals surface area contributed by atoms with Crippen LogP contribution in [-0.4, -0.2) is 41.2 Å². The van der Waals surface area contributed by atoms with Crippen LogP contribution in [-0.2, 0) is 11.8 Å². The minimum Gasteiger partial charge on any atom is -0.349 e. The summed E-state index contributed by atoms with van der Waals surface area (Å²) in [6, 6.07) is 0.226. The fourth-order valence-electron chi connectivity index (χ4n) is 1.40. The summed E-state index contributed by atoms with van der Waals surface area (Å²) in [6.45, 7) is 2.75. The first-order valence-corrected chi connectivity index (χ1v) is 5.42. The van der Waals surface area contributed by atoms with E-state index in [2.05, 4.69) is 17.3 Å². The predicted octanol–water partition coefficient (Wildman–Crippen LogP) is 0.549. The smallest absolute Gasteiger partial charge is 0.223 e. The van der Waals surface area contributed by atoms with E-state index < -0.39 is 0 Å². The van der Waals surface area contributed by atoms with E-state index in [0.717, 1.165) is 5.56 Å². The molecular weight excluding hydrogens is 204 g/mol. The number of carbonyl (C=O) groups is 1. The van der Waals surface area contributed by atoms with Gasteiger partial charge in [-0.2, -0.15) is 5.10 Å². The third-order valence-corrected chi connectivity index (χ3v) is 2.51. The van der Waals surface area contributed by atoms with Gasteiger partial charge in [-0.15, -0.1) is 0 Å². The standard InChI is InChI=1S/C11H20N4O/c1-9(10-7-13-15(4)8-10)12-6-5-11(16)14(2)3/h7-9,12H,5-6H2,1-4H3. The largest absolute Gasteiger partial charge is 0.349 e. The van der Waals surface area contributed by atoms with Crippen molar-refractivity contribution < 1.29 is 4.79 Å². The minimum absolute atomic E-state index is 0.144. The van der Waals surface area contributed by atoms with Crippen molar-refractivity contribution in [3.8, 4) is 0 Å². The first kappa shape index (κ1) is 12.7. The van der Waals surface area contributed by atoms with Gasteiger partial charge in [-0.1, -0.05) is 0 Å². The summed E-state index contributed by atoms with van der Waals surface area (Å²) >= 11 is 0. The zero-order valence-electron chi connectivity index (χ0n) is 10.4. The maximum atomic E-state index is 11.3. The Morgan fingerprint density at radius 1 is 1.62 bits per heavy atom. The van der Waals surface area contributed by atoms with Crippen LogP contribution in [0.5, 0.6) is 0 Å². The molecule has 1 rings (SSSR count). The van der Waals surface area contributed by atoms with E-state index in [-0.39, 0.29) is 11.9 Å². The van der Waals surface area contributed by atoms with Gasteiger partial charge in [-0.05, 0) is 6.92 Å². The van der Waals surface area contributed by atoms with Gasteiger partial charge in [0.1, 0.15) is 0 Å². The molecule has 16 heavy (non-hydrogen) atoms. The maximum absolute atomic E-state index is 11.3. The van der Waals surface area contributed by atoms with Crippen molar-refractivity contribution in [3.63, 3.8) is 0 Å². The Labute approximate surface area is 96.4 Å². The van der Waals surface area contributed by atoms with Crippen LogP contribution < -0.4 is 5.32 Å². The van der Waals surface area contributed by atoms with Gasteiger partial charge < -0.3 is 10.2 Å². The van der Waals surface area contributed by atoms with Crippen molar-refractivity contribution in [2.75, 3.05) is 20.6 Å². The normalized spacial score (nSPS) is 12.5. The van der Waals surface area contributed by atoms with Gasteiger partial charge in [0.05, 0.1) is 6.20 Å². The van der Waals surface area contributed by atoms with Crippen LogP contribution in [0.3, 0.4) is 0 Å². The Balaban J connectivity index is 2.31. The summed E-state index contributed by atoms with van der Waals surface area (Å²) < 4.78 is 1.78. The summed E-state index contributed by atoms with van der Waals surface area (Å²) in [5.41, 5.74) is 1.14. The number of carbonyl (C=O) groups excluding carboxylic acids is 1. The van der Waals surface area contributed by atoms with Crippen molar-refractivity contribution in [2.24, 2.45) is 7.05 Å². The molecule has 0 aliphatic carbocycles. The number of nitrogens with one attached hydrogen (secondary N) is 1. The van der Waals surface area contributed by atoms with E-state index in [9.17, 15) is 4.79 Å². The molecule has 1 unspecified atom stereocenters. The molecule has 1 aromatic rings. The van der Waals surface area contributed by atoms with Crippen molar-refractivity contribution >= 4 is 5.91 Å². The predicted molar refractivity (Wildman–Crippen MR) is 62.9 cm³/mol. The Hall–Kier alpha value is -1.36. The number of hydrogen-bond acceptors (Lipinski definition) is 3. The number of aryl methyl sites for hydroxylation is 1. The lowest BCUT2D eigenvalue weighted by molar-refractivity contribution is -0.128. The zero-order valence-corrected chi connectivity index (χ0v) is 10.4. The Kier molecular flexibility index (Phi) is 4.49. The number of hydrogen-bond donors (Lipinski definition) is 1. The van der Waals surface area contributed by atoms with Gasteiger partial charge in [0.2, 0.25) is 5.91 Å². The van der Waals surface area contributed by atoms with E-state index in [1.807, 2.05) is 19.4 Å². The van der Waals surface area contributed by atoms with Crippen LogP contribution in [0, 0.1) is 0 Å². The second-order valence-corrected chi connectivity index (χ2v) is 4.16. The van der Waals surface area contributed by atoms with Gasteiger partial charge in [0, 0.05) is 51.9 Å². The van der Waals surface area contributed by atoms with E-state index in [4.69, 9.17) is 0 Å². The Morgan fingerprint density at radius 3 is 2.81 bits per heavy atom. The number of nitrogens with zero attached hydrogens (tertiary/aromatic N) is 3. The molecule has 0 saturated carbocycles. The molecule has 1 amide bonds. The number of amides is 1. The third kappa shape index (κ3) is 3.66. The fraction of sp³-hybridized carbons (Fsp3) is 0.636. The molecule has 90 valence electrons. The quantitative estimate of drug-likeness (QED) is 0.794. The molecular formula is C11H20N4O. The van der Waals surface area contributed by atoms with Crippen LogP contribution in [0.25, 0.3) is 0 Å². The van der Waals surface area contributed by atoms with Crippen molar-refractivity contribution in [1.82, 2.24) is 20.0 Å². The molecule has 0 aliphatic heterocycles. The highest BCUT2D eigenvalue weighted by Gasteiger charge is 2.08. The molecule has 0 aromatic carbocycles. The lowest BCUT2D eigenvalue weighted by Crippen LogP contribution is -2.27. The lowest BCUT2D eigenvalue weighted by Gasteiger charge is -2.13. The van der Waals surface area contributed by atoms with Crippen LogP contribution in [0.15, 0.2) is 12.4 Å². The second-order valence-electron chi connectivity index (χ2n) is 4.16. The number of aromatic nitrogens is 2. The fourth-order valence-corrected chi connectivity index (χ4v) is 1.40. The molecule has 1 aromatic heterocycles. The summed E-state index contributed by atoms with van der Waals surface area (Å²) in [7, 11) is 5.44. The maximum Gasteiger partial charge on any atom is 0.223 e. The van der Waals surface area contributed by atoms with Crippen LogP contribution in [0.4, 0.5) is 0 Å². The lowest BCUT2D eigenvalue weighted by atomic mass is 10.2. The highest BCUT2D eigenvalue weighted by Crippen LogP contribution is 2.09. The Morgan fingerprint density at radius 2 is 2.31 bits per heavy atom. The topological polar surface area (TPSA) is 50.2 Å². The molecule has 1 heterocycles. The molecule has 0 spiro atoms. The van der Waals surface area contributed by atoms with Gasteiger partial charge in [-0.3, -0.25) is 9.48 Å². The molecule has 1 atom stereocenters. The van der Waals surface area contributed by atoms with Gasteiger partial charge in [0.15, 0.2) is 0 Å². The van der Waals surface area contributed by atoms with Gasteiger partial charge in [-0.25, -0.2) is 0 Å². The van der Waals surface area contributed by atoms with Crippen molar-refractivity contribution in [1.29, 1.82) is 0 Å². The second kappa shape index (κ2) is 5.65. The van der Waals surface area contributed by atoms with Gasteiger partial charge in [0.25, 0.3) is 0 Å². The highest BCUT2D eigenvalue weighted by molar-refractivity contribution is 5.75. The van der Waals surface area contributed by atoms with Crippen LogP contribution >= 0.6 is 0 Å². The van der Waals surface area contributed by atoms with E-state index >= 15 is 0 Å². The monoisotopic (exact) mass is 224 g/mol. The average molecular weight is 224 g/mol. The first-order chi connectivity index (χ1) is 7.50. The molecule has 5 heteroatoms. The molecule has 0 radical (unpaired) electrons. The number of rotatable bonds is 5. The van der Waals surface area contributed by atoms with Crippen molar-refractivity contribution in [2.45, 2.75) is 19.4 Å². The van der Waals surface area contributed by atoms with E-state index in [1.165, 1.54) is 0 Å². The van der Waals surface area contributed by atoms with E-state index in [0.29, 0.717) is 13.0 Å². The first-order valence-electron chi connectivity index (χ1n) is 5.42. The molecule has 5 nitrogen and oxygen atoms in total. The third-order valence-electron chi connectivity index (χ3n) is 2.51. The molecule has 1 N–H and O–H groups in total. The summed E-state index contributed by atoms with van der Waals surface area (Å²) in [6.07, 6.45) is 4.34.